The van der Waals surface area contributed by atoms with Crippen LogP contribution in [0.4, 0.5) is 21.9 Å². The number of anilines is 3. The van der Waals surface area contributed by atoms with Gasteiger partial charge < -0.3 is 30.0 Å². The van der Waals surface area contributed by atoms with Gasteiger partial charge in [0.1, 0.15) is 5.75 Å². The summed E-state index contributed by atoms with van der Waals surface area (Å²) in [4.78, 5) is 42.7. The van der Waals surface area contributed by atoms with Gasteiger partial charge in [0.25, 0.3) is 0 Å². The number of fused-ring (bicyclic) bond motifs is 2. The SMILES string of the molecule is COc1ccc2c(c1)CCN(C1CCN(c3cc(C(=O)c4cc(C)c5c(c4)oc(=O)n5C)ccc3N)CC1)C(=O)N2. The van der Waals surface area contributed by atoms with Crippen molar-refractivity contribution < 1.29 is 18.7 Å². The number of benzene rings is 3. The van der Waals surface area contributed by atoms with E-state index in [0.717, 1.165) is 47.5 Å². The lowest BCUT2D eigenvalue weighted by atomic mass is 9.98. The lowest BCUT2D eigenvalue weighted by molar-refractivity contribution is 0.103. The molecule has 10 heteroatoms. The first-order chi connectivity index (χ1) is 19.7. The van der Waals surface area contributed by atoms with Crippen LogP contribution >= 0.6 is 0 Å². The molecule has 3 heterocycles. The van der Waals surface area contributed by atoms with E-state index in [1.807, 2.05) is 36.1 Å². The first-order valence-electron chi connectivity index (χ1n) is 13.8. The smallest absolute Gasteiger partial charge is 0.419 e. The number of hydrogen-bond donors (Lipinski definition) is 2. The third kappa shape index (κ3) is 4.79. The minimum absolute atomic E-state index is 0.0824. The summed E-state index contributed by atoms with van der Waals surface area (Å²) >= 11 is 0. The number of nitrogen functional groups attached to an aromatic ring is 1. The number of urea groups is 1. The first kappa shape index (κ1) is 26.5. The van der Waals surface area contributed by atoms with Gasteiger partial charge in [0.2, 0.25) is 0 Å². The zero-order valence-electron chi connectivity index (χ0n) is 23.4. The number of nitrogens with one attached hydrogen (secondary N) is 1. The molecule has 0 aliphatic carbocycles. The summed E-state index contributed by atoms with van der Waals surface area (Å²) in [6.07, 6.45) is 2.32. The molecular formula is C31H33N5O5. The fourth-order valence-electron chi connectivity index (χ4n) is 6.09. The van der Waals surface area contributed by atoms with Crippen LogP contribution in [-0.4, -0.2) is 54.1 Å². The maximum Gasteiger partial charge on any atom is 0.419 e. The van der Waals surface area contributed by atoms with Crippen LogP contribution in [0.25, 0.3) is 11.1 Å². The summed E-state index contributed by atoms with van der Waals surface area (Å²) in [5, 5.41) is 3.06. The Morgan fingerprint density at radius 3 is 2.56 bits per heavy atom. The van der Waals surface area contributed by atoms with E-state index in [1.54, 1.807) is 38.4 Å². The highest BCUT2D eigenvalue weighted by atomic mass is 16.5. The van der Waals surface area contributed by atoms with Gasteiger partial charge in [-0.05, 0) is 85.8 Å². The molecular weight excluding hydrogens is 522 g/mol. The van der Waals surface area contributed by atoms with Crippen LogP contribution < -0.4 is 26.4 Å². The molecule has 3 aromatic carbocycles. The Morgan fingerprint density at radius 1 is 1.02 bits per heavy atom. The van der Waals surface area contributed by atoms with E-state index in [4.69, 9.17) is 14.9 Å². The molecule has 4 aromatic rings. The van der Waals surface area contributed by atoms with E-state index in [-0.39, 0.29) is 17.9 Å². The van der Waals surface area contributed by atoms with Gasteiger partial charge in [-0.25, -0.2) is 9.59 Å². The van der Waals surface area contributed by atoms with E-state index in [2.05, 4.69) is 10.2 Å². The van der Waals surface area contributed by atoms with Crippen molar-refractivity contribution in [2.24, 2.45) is 7.05 Å². The van der Waals surface area contributed by atoms with Crippen molar-refractivity contribution in [3.05, 3.63) is 81.3 Å². The molecule has 1 saturated heterocycles. The summed E-state index contributed by atoms with van der Waals surface area (Å²) in [6.45, 7) is 3.90. The molecule has 0 bridgehead atoms. The van der Waals surface area contributed by atoms with Crippen molar-refractivity contribution in [3.8, 4) is 5.75 Å². The van der Waals surface area contributed by atoms with Gasteiger partial charge in [0.15, 0.2) is 11.4 Å². The third-order valence-electron chi connectivity index (χ3n) is 8.31. The van der Waals surface area contributed by atoms with Gasteiger partial charge in [-0.1, -0.05) is 0 Å². The molecule has 212 valence electrons. The highest BCUT2D eigenvalue weighted by Crippen LogP contribution is 2.32. The Morgan fingerprint density at radius 2 is 1.80 bits per heavy atom. The second-order valence-electron chi connectivity index (χ2n) is 10.8. The lowest BCUT2D eigenvalue weighted by Gasteiger charge is -2.39. The number of ether oxygens (including phenoxy) is 1. The lowest BCUT2D eigenvalue weighted by Crippen LogP contribution is -2.49. The van der Waals surface area contributed by atoms with E-state index < -0.39 is 5.76 Å². The number of piperidine rings is 1. The van der Waals surface area contributed by atoms with E-state index in [0.29, 0.717) is 47.5 Å². The second kappa shape index (κ2) is 10.3. The fourth-order valence-corrected chi connectivity index (χ4v) is 6.09. The summed E-state index contributed by atoms with van der Waals surface area (Å²) in [7, 11) is 3.29. The average Bonchev–Trinajstić information content (AvgIpc) is 3.16. The van der Waals surface area contributed by atoms with Gasteiger partial charge >= 0.3 is 11.8 Å². The summed E-state index contributed by atoms with van der Waals surface area (Å²) in [5.74, 6) is 0.142. The summed E-state index contributed by atoms with van der Waals surface area (Å²) < 4.78 is 12.1. The fraction of sp³-hybridized carbons (Fsp3) is 0.323. The molecule has 6 rings (SSSR count). The molecule has 1 fully saturated rings. The topological polar surface area (TPSA) is 123 Å². The van der Waals surface area contributed by atoms with Gasteiger partial charge in [0.05, 0.1) is 24.0 Å². The molecule has 0 saturated carbocycles. The minimum Gasteiger partial charge on any atom is -0.497 e. The van der Waals surface area contributed by atoms with Crippen molar-refractivity contribution in [2.45, 2.75) is 32.2 Å². The van der Waals surface area contributed by atoms with Crippen LogP contribution in [0.15, 0.2) is 57.7 Å². The van der Waals surface area contributed by atoms with E-state index in [9.17, 15) is 14.4 Å². The standard InChI is InChI=1S/C31H33N5O5/c1-18-14-21(17-27-28(18)34(2)31(39)41-27)29(37)20-4-6-24(32)26(16-20)35-11-9-22(10-12-35)36-13-8-19-15-23(40-3)5-7-25(19)33-30(36)38/h4-7,14-17,22H,8-13,32H2,1-3H3,(H,33,38). The van der Waals surface area contributed by atoms with Crippen LogP contribution in [0, 0.1) is 6.92 Å². The molecule has 3 N–H and O–H groups in total. The van der Waals surface area contributed by atoms with Crippen LogP contribution in [0.2, 0.25) is 0 Å². The normalized spacial score (nSPS) is 15.9. The second-order valence-corrected chi connectivity index (χ2v) is 10.8. The zero-order valence-corrected chi connectivity index (χ0v) is 23.4. The number of methoxy groups -OCH3 is 1. The number of hydrogen-bond acceptors (Lipinski definition) is 7. The van der Waals surface area contributed by atoms with Gasteiger partial charge in [-0.15, -0.1) is 0 Å². The number of nitrogens with two attached hydrogens (primary N) is 1. The first-order valence-corrected chi connectivity index (χ1v) is 13.8. The molecule has 2 aliphatic heterocycles. The minimum atomic E-state index is -0.465. The van der Waals surface area contributed by atoms with Crippen LogP contribution in [-0.2, 0) is 13.5 Å². The molecule has 0 spiro atoms. The monoisotopic (exact) mass is 555 g/mol. The number of rotatable bonds is 5. The van der Waals surface area contributed by atoms with E-state index >= 15 is 0 Å². The largest absolute Gasteiger partial charge is 0.497 e. The molecule has 0 atom stereocenters. The Balaban J connectivity index is 1.17. The van der Waals surface area contributed by atoms with Gasteiger partial charge in [-0.3, -0.25) is 9.36 Å². The Hall–Kier alpha value is -4.73. The highest BCUT2D eigenvalue weighted by Gasteiger charge is 2.31. The summed E-state index contributed by atoms with van der Waals surface area (Å²) in [6, 6.07) is 14.5. The molecule has 1 aromatic heterocycles. The number of nitrogens with zero attached hydrogens (tertiary/aromatic N) is 3. The number of ketones is 1. The average molecular weight is 556 g/mol. The maximum absolute atomic E-state index is 13.5. The molecule has 10 nitrogen and oxygen atoms in total. The zero-order chi connectivity index (χ0) is 28.8. The Bertz CT molecular complexity index is 1730. The van der Waals surface area contributed by atoms with Gasteiger partial charge in [0, 0.05) is 49.5 Å². The van der Waals surface area contributed by atoms with E-state index in [1.165, 1.54) is 4.57 Å². The van der Waals surface area contributed by atoms with Crippen molar-refractivity contribution in [1.82, 2.24) is 9.47 Å². The molecule has 0 radical (unpaired) electrons. The number of oxazole rings is 1. The molecule has 41 heavy (non-hydrogen) atoms. The van der Waals surface area contributed by atoms with Gasteiger partial charge in [-0.2, -0.15) is 0 Å². The van der Waals surface area contributed by atoms with Crippen LogP contribution in [0.3, 0.4) is 0 Å². The van der Waals surface area contributed by atoms with Crippen LogP contribution in [0.5, 0.6) is 5.75 Å². The molecule has 2 amide bonds. The number of carbonyl (C=O) groups is 2. The van der Waals surface area contributed by atoms with Crippen molar-refractivity contribution >= 4 is 40.0 Å². The van der Waals surface area contributed by atoms with Crippen molar-refractivity contribution in [3.63, 3.8) is 0 Å². The molecule has 0 unspecified atom stereocenters. The number of amides is 2. The number of aromatic nitrogens is 1. The number of aryl methyl sites for hydroxylation is 2. The predicted octanol–water partition coefficient (Wildman–Crippen LogP) is 4.32. The molecule has 2 aliphatic rings. The Kier molecular flexibility index (Phi) is 6.69. The van der Waals surface area contributed by atoms with Crippen molar-refractivity contribution in [2.75, 3.05) is 42.7 Å². The van der Waals surface area contributed by atoms with Crippen LogP contribution in [0.1, 0.15) is 39.9 Å². The Labute approximate surface area is 237 Å². The van der Waals surface area contributed by atoms with Crippen molar-refractivity contribution in [1.29, 1.82) is 0 Å². The highest BCUT2D eigenvalue weighted by molar-refractivity contribution is 6.11. The summed E-state index contributed by atoms with van der Waals surface area (Å²) in [5.41, 5.74) is 12.5. The number of carbonyl (C=O) groups excluding carboxylic acids is 2. The maximum atomic E-state index is 13.5. The third-order valence-corrected chi connectivity index (χ3v) is 8.31. The predicted molar refractivity (Wildman–Crippen MR) is 158 cm³/mol. The quantitative estimate of drug-likeness (QED) is 0.278.